The third-order valence-electron chi connectivity index (χ3n) is 4.14. The molecule has 1 saturated heterocycles. The number of hydrogen-bond donors (Lipinski definition) is 1. The Bertz CT molecular complexity index is 910. The fraction of sp³-hybridized carbons (Fsp3) is 0.389. The van der Waals surface area contributed by atoms with E-state index in [2.05, 4.69) is 15.0 Å². The number of rotatable bonds is 5. The second-order valence-electron chi connectivity index (χ2n) is 6.68. The van der Waals surface area contributed by atoms with Gasteiger partial charge in [0.2, 0.25) is 11.8 Å². The number of aromatic nitrogens is 4. The molecule has 1 aliphatic rings. The fourth-order valence-electron chi connectivity index (χ4n) is 2.97. The van der Waals surface area contributed by atoms with Crippen LogP contribution in [0, 0.1) is 0 Å². The van der Waals surface area contributed by atoms with E-state index in [1.807, 2.05) is 48.7 Å². The average Bonchev–Trinajstić information content (AvgIpc) is 3.17. The smallest absolute Gasteiger partial charge is 0.247 e. The van der Waals surface area contributed by atoms with Crippen LogP contribution in [-0.2, 0) is 22.6 Å². The monoisotopic (exact) mass is 355 g/mol. The maximum absolute atomic E-state index is 5.87. The van der Waals surface area contributed by atoms with Crippen molar-refractivity contribution < 1.29 is 14.2 Å². The van der Waals surface area contributed by atoms with Crippen molar-refractivity contribution in [1.82, 2.24) is 19.5 Å². The summed E-state index contributed by atoms with van der Waals surface area (Å²) in [5, 5.41) is 0. The Morgan fingerprint density at radius 3 is 2.81 bits per heavy atom. The molecule has 26 heavy (non-hydrogen) atoms. The number of nitrogens with zero attached hydrogens (tertiary/aromatic N) is 4. The molecule has 0 bridgehead atoms. The fourth-order valence-corrected chi connectivity index (χ4v) is 2.97. The molecule has 1 atom stereocenters. The van der Waals surface area contributed by atoms with Crippen LogP contribution in [0.3, 0.4) is 0 Å². The summed E-state index contributed by atoms with van der Waals surface area (Å²) >= 11 is 0. The topological polar surface area (TPSA) is 97.3 Å². The number of hydrogen-bond acceptors (Lipinski definition) is 7. The molecule has 3 heterocycles. The van der Waals surface area contributed by atoms with E-state index in [9.17, 15) is 0 Å². The highest BCUT2D eigenvalue weighted by Gasteiger charge is 2.33. The van der Waals surface area contributed by atoms with Crippen molar-refractivity contribution >= 4 is 17.1 Å². The molecule has 2 N–H and O–H groups in total. The van der Waals surface area contributed by atoms with E-state index in [0.717, 1.165) is 5.56 Å². The number of anilines is 1. The van der Waals surface area contributed by atoms with E-state index in [-0.39, 0.29) is 12.1 Å². The summed E-state index contributed by atoms with van der Waals surface area (Å²) in [7, 11) is 0. The number of benzene rings is 1. The van der Waals surface area contributed by atoms with Crippen LogP contribution in [0.1, 0.15) is 19.4 Å². The molecule has 0 saturated carbocycles. The molecule has 1 aliphatic heterocycles. The first-order valence-electron chi connectivity index (χ1n) is 8.47. The molecule has 136 valence electrons. The van der Waals surface area contributed by atoms with E-state index in [1.54, 1.807) is 6.33 Å². The first-order chi connectivity index (χ1) is 12.5. The second kappa shape index (κ2) is 6.54. The quantitative estimate of drug-likeness (QED) is 0.749. The number of imidazole rings is 1. The molecule has 0 amide bonds. The maximum atomic E-state index is 5.87. The van der Waals surface area contributed by atoms with Gasteiger partial charge in [0.15, 0.2) is 17.0 Å². The highest BCUT2D eigenvalue weighted by molar-refractivity contribution is 5.77. The summed E-state index contributed by atoms with van der Waals surface area (Å²) in [6, 6.07) is 9.85. The van der Waals surface area contributed by atoms with Crippen LogP contribution in [0.4, 0.5) is 5.95 Å². The average molecular weight is 355 g/mol. The molecule has 0 radical (unpaired) electrons. The minimum absolute atomic E-state index is 0.0766. The van der Waals surface area contributed by atoms with Crippen LogP contribution in [-0.4, -0.2) is 38.0 Å². The van der Waals surface area contributed by atoms with Crippen LogP contribution in [0.5, 0.6) is 5.88 Å². The minimum Gasteiger partial charge on any atom is -0.471 e. The minimum atomic E-state index is -0.570. The highest BCUT2D eigenvalue weighted by Crippen LogP contribution is 2.26. The molecule has 0 aliphatic carbocycles. The lowest BCUT2D eigenvalue weighted by atomic mass is 10.2. The van der Waals surface area contributed by atoms with E-state index < -0.39 is 5.79 Å². The van der Waals surface area contributed by atoms with E-state index in [0.29, 0.717) is 36.8 Å². The van der Waals surface area contributed by atoms with Crippen molar-refractivity contribution in [2.75, 3.05) is 12.3 Å². The van der Waals surface area contributed by atoms with Crippen molar-refractivity contribution in [2.24, 2.45) is 0 Å². The Balaban J connectivity index is 1.57. The zero-order valence-electron chi connectivity index (χ0n) is 14.8. The zero-order chi connectivity index (χ0) is 18.1. The first-order valence-corrected chi connectivity index (χ1v) is 8.47. The van der Waals surface area contributed by atoms with Gasteiger partial charge in [0.05, 0.1) is 19.5 Å². The van der Waals surface area contributed by atoms with Crippen LogP contribution in [0.15, 0.2) is 36.7 Å². The van der Waals surface area contributed by atoms with Gasteiger partial charge in [0, 0.05) is 0 Å². The summed E-state index contributed by atoms with van der Waals surface area (Å²) in [6.07, 6.45) is 1.62. The standard InChI is InChI=1S/C18H21N5O3/c1-18(2)25-10-13(26-18)8-23-11-20-14-15(23)21-17(19)22-16(14)24-9-12-6-4-3-5-7-12/h3-7,11,13H,8-10H2,1-2H3,(H2,19,21,22)/t13-/m0/s1. The van der Waals surface area contributed by atoms with Gasteiger partial charge in [-0.3, -0.25) is 0 Å². The molecular formula is C18H21N5O3. The Hall–Kier alpha value is -2.71. The SMILES string of the molecule is CC1(C)OC[C@H](Cn2cnc3c(OCc4ccccc4)nc(N)nc32)O1. The third-order valence-corrected chi connectivity index (χ3v) is 4.14. The number of nitrogen functional groups attached to an aromatic ring is 1. The van der Waals surface area contributed by atoms with Gasteiger partial charge in [-0.25, -0.2) is 4.98 Å². The van der Waals surface area contributed by atoms with Crippen molar-refractivity contribution in [1.29, 1.82) is 0 Å². The first kappa shape index (κ1) is 16.7. The number of fused-ring (bicyclic) bond motifs is 1. The van der Waals surface area contributed by atoms with E-state index in [1.165, 1.54) is 0 Å². The lowest BCUT2D eigenvalue weighted by molar-refractivity contribution is -0.139. The second-order valence-corrected chi connectivity index (χ2v) is 6.68. The van der Waals surface area contributed by atoms with E-state index in [4.69, 9.17) is 19.9 Å². The van der Waals surface area contributed by atoms with Gasteiger partial charge in [-0.1, -0.05) is 30.3 Å². The molecule has 1 fully saturated rings. The van der Waals surface area contributed by atoms with Crippen molar-refractivity contribution in [3.05, 3.63) is 42.2 Å². The normalized spacial score (nSPS) is 19.1. The summed E-state index contributed by atoms with van der Waals surface area (Å²) in [5.74, 6) is -0.0517. The predicted molar refractivity (Wildman–Crippen MR) is 95.4 cm³/mol. The van der Waals surface area contributed by atoms with Crippen LogP contribution >= 0.6 is 0 Å². The van der Waals surface area contributed by atoms with Gasteiger partial charge in [-0.15, -0.1) is 0 Å². The van der Waals surface area contributed by atoms with Crippen molar-refractivity contribution in [3.63, 3.8) is 0 Å². The van der Waals surface area contributed by atoms with Crippen LogP contribution in [0.2, 0.25) is 0 Å². The van der Waals surface area contributed by atoms with Gasteiger partial charge in [-0.05, 0) is 19.4 Å². The third kappa shape index (κ3) is 3.47. The van der Waals surface area contributed by atoms with Gasteiger partial charge < -0.3 is 24.5 Å². The Morgan fingerprint density at radius 2 is 2.08 bits per heavy atom. The molecule has 8 heteroatoms. The van der Waals surface area contributed by atoms with E-state index >= 15 is 0 Å². The van der Waals surface area contributed by atoms with Gasteiger partial charge >= 0.3 is 0 Å². The van der Waals surface area contributed by atoms with Crippen molar-refractivity contribution in [2.45, 2.75) is 38.9 Å². The summed E-state index contributed by atoms with van der Waals surface area (Å²) < 4.78 is 19.2. The Labute approximate surface area is 150 Å². The molecule has 0 unspecified atom stereocenters. The lowest BCUT2D eigenvalue weighted by Crippen LogP contribution is -2.24. The molecular weight excluding hydrogens is 334 g/mol. The van der Waals surface area contributed by atoms with Crippen LogP contribution < -0.4 is 10.5 Å². The lowest BCUT2D eigenvalue weighted by Gasteiger charge is -2.17. The van der Waals surface area contributed by atoms with Crippen LogP contribution in [0.25, 0.3) is 11.2 Å². The molecule has 4 rings (SSSR count). The zero-order valence-corrected chi connectivity index (χ0v) is 14.8. The predicted octanol–water partition coefficient (Wildman–Crippen LogP) is 2.14. The van der Waals surface area contributed by atoms with Gasteiger partial charge in [-0.2, -0.15) is 9.97 Å². The maximum Gasteiger partial charge on any atom is 0.247 e. The number of nitrogens with two attached hydrogens (primary N) is 1. The highest BCUT2D eigenvalue weighted by atomic mass is 16.7. The summed E-state index contributed by atoms with van der Waals surface area (Å²) in [6.45, 7) is 5.26. The molecule has 1 aromatic carbocycles. The van der Waals surface area contributed by atoms with Gasteiger partial charge in [0.25, 0.3) is 0 Å². The molecule has 8 nitrogen and oxygen atoms in total. The van der Waals surface area contributed by atoms with Crippen molar-refractivity contribution in [3.8, 4) is 5.88 Å². The Morgan fingerprint density at radius 1 is 1.27 bits per heavy atom. The largest absolute Gasteiger partial charge is 0.471 e. The summed E-state index contributed by atoms with van der Waals surface area (Å²) in [5.41, 5.74) is 8.11. The van der Waals surface area contributed by atoms with Gasteiger partial charge in [0.1, 0.15) is 12.7 Å². The number of ether oxygens (including phenoxy) is 3. The molecule has 3 aromatic rings. The molecule has 0 spiro atoms. The molecule has 2 aromatic heterocycles. The Kier molecular flexibility index (Phi) is 4.21. The summed E-state index contributed by atoms with van der Waals surface area (Å²) in [4.78, 5) is 12.9.